The van der Waals surface area contributed by atoms with Gasteiger partial charge in [-0.25, -0.2) is 9.78 Å². The second-order valence-corrected chi connectivity index (χ2v) is 3.51. The van der Waals surface area contributed by atoms with Crippen molar-refractivity contribution in [3.63, 3.8) is 0 Å². The van der Waals surface area contributed by atoms with Gasteiger partial charge in [-0.1, -0.05) is 6.07 Å². The van der Waals surface area contributed by atoms with Crippen LogP contribution < -0.4 is 4.74 Å². The molecule has 0 bridgehead atoms. The number of carboxylic acids is 1. The van der Waals surface area contributed by atoms with Crippen LogP contribution in [0.1, 0.15) is 10.4 Å². The molecule has 0 unspecified atom stereocenters. The fourth-order valence-electron chi connectivity index (χ4n) is 1.44. The summed E-state index contributed by atoms with van der Waals surface area (Å²) in [6.45, 7) is 0. The summed E-state index contributed by atoms with van der Waals surface area (Å²) in [6.07, 6.45) is 1.51. The maximum atomic E-state index is 11.0. The van der Waals surface area contributed by atoms with Crippen LogP contribution in [-0.4, -0.2) is 21.0 Å². The lowest BCUT2D eigenvalue weighted by atomic mass is 10.1. The third kappa shape index (κ3) is 2.83. The summed E-state index contributed by atoms with van der Waals surface area (Å²) in [4.78, 5) is 24.8. The van der Waals surface area contributed by atoms with Crippen molar-refractivity contribution in [1.82, 2.24) is 4.98 Å². The first-order valence-corrected chi connectivity index (χ1v) is 5.18. The Bertz CT molecular complexity index is 627. The molecule has 0 saturated heterocycles. The molecule has 96 valence electrons. The highest BCUT2D eigenvalue weighted by Crippen LogP contribution is 2.26. The molecule has 1 aromatic carbocycles. The number of nitro benzene ring substituents is 1. The molecule has 7 nitrogen and oxygen atoms in total. The fourth-order valence-corrected chi connectivity index (χ4v) is 1.44. The van der Waals surface area contributed by atoms with E-state index < -0.39 is 22.1 Å². The molecular formula is C12H8N2O5. The number of ether oxygens (including phenoxy) is 1. The maximum Gasteiger partial charge on any atom is 0.342 e. The monoisotopic (exact) mass is 260 g/mol. The molecule has 0 atom stereocenters. The molecule has 19 heavy (non-hydrogen) atoms. The van der Waals surface area contributed by atoms with E-state index in [0.717, 1.165) is 12.1 Å². The average Bonchev–Trinajstić information content (AvgIpc) is 2.39. The van der Waals surface area contributed by atoms with Crippen LogP contribution in [0.5, 0.6) is 11.6 Å². The van der Waals surface area contributed by atoms with E-state index >= 15 is 0 Å². The van der Waals surface area contributed by atoms with E-state index in [9.17, 15) is 14.9 Å². The van der Waals surface area contributed by atoms with E-state index in [1.54, 1.807) is 18.2 Å². The van der Waals surface area contributed by atoms with Crippen LogP contribution in [0.15, 0.2) is 42.6 Å². The number of hydrogen-bond acceptors (Lipinski definition) is 5. The van der Waals surface area contributed by atoms with Crippen molar-refractivity contribution in [2.24, 2.45) is 0 Å². The topological polar surface area (TPSA) is 103 Å². The molecule has 0 saturated carbocycles. The summed E-state index contributed by atoms with van der Waals surface area (Å²) in [5.41, 5.74) is -0.917. The van der Waals surface area contributed by atoms with Gasteiger partial charge in [-0.3, -0.25) is 10.1 Å². The van der Waals surface area contributed by atoms with Crippen LogP contribution in [0.4, 0.5) is 5.69 Å². The molecule has 1 heterocycles. The zero-order chi connectivity index (χ0) is 13.8. The van der Waals surface area contributed by atoms with Crippen molar-refractivity contribution in [3.8, 4) is 11.6 Å². The molecule has 2 aromatic rings. The third-order valence-corrected chi connectivity index (χ3v) is 2.26. The zero-order valence-electron chi connectivity index (χ0n) is 9.52. The number of nitrogens with zero attached hydrogens (tertiary/aromatic N) is 2. The second-order valence-electron chi connectivity index (χ2n) is 3.51. The summed E-state index contributed by atoms with van der Waals surface area (Å²) in [5, 5.41) is 19.6. The van der Waals surface area contributed by atoms with Gasteiger partial charge in [0.1, 0.15) is 11.3 Å². The van der Waals surface area contributed by atoms with Crippen LogP contribution in [0.25, 0.3) is 0 Å². The summed E-state index contributed by atoms with van der Waals surface area (Å²) in [6, 6.07) is 8.48. The van der Waals surface area contributed by atoms with Crippen molar-refractivity contribution < 1.29 is 19.6 Å². The van der Waals surface area contributed by atoms with Gasteiger partial charge in [0.25, 0.3) is 5.69 Å². The summed E-state index contributed by atoms with van der Waals surface area (Å²) in [7, 11) is 0. The van der Waals surface area contributed by atoms with Gasteiger partial charge < -0.3 is 9.84 Å². The molecule has 2 rings (SSSR count). The Hall–Kier alpha value is -2.96. The Labute approximate surface area is 107 Å². The SMILES string of the molecule is O=C(O)c1cc(Oc2ccccn2)ccc1[N+](=O)[O-]. The number of nitro groups is 1. The number of rotatable bonds is 4. The molecule has 0 aliphatic heterocycles. The fraction of sp³-hybridized carbons (Fsp3) is 0. The lowest BCUT2D eigenvalue weighted by molar-refractivity contribution is -0.385. The van der Waals surface area contributed by atoms with Gasteiger partial charge in [0.15, 0.2) is 0 Å². The van der Waals surface area contributed by atoms with Gasteiger partial charge in [-0.2, -0.15) is 0 Å². The highest BCUT2D eigenvalue weighted by molar-refractivity contribution is 5.92. The Balaban J connectivity index is 2.36. The van der Waals surface area contributed by atoms with Gasteiger partial charge >= 0.3 is 5.97 Å². The summed E-state index contributed by atoms with van der Waals surface area (Å²) < 4.78 is 5.31. The van der Waals surface area contributed by atoms with Crippen molar-refractivity contribution in [2.45, 2.75) is 0 Å². The molecule has 7 heteroatoms. The van der Waals surface area contributed by atoms with Gasteiger partial charge in [-0.15, -0.1) is 0 Å². The van der Waals surface area contributed by atoms with E-state index in [1.165, 1.54) is 12.3 Å². The molecule has 0 aliphatic rings. The number of carbonyl (C=O) groups is 1. The smallest absolute Gasteiger partial charge is 0.342 e. The van der Waals surface area contributed by atoms with Gasteiger partial charge in [0, 0.05) is 24.4 Å². The number of benzene rings is 1. The molecule has 0 radical (unpaired) electrons. The van der Waals surface area contributed by atoms with E-state index in [2.05, 4.69) is 4.98 Å². The molecule has 1 aromatic heterocycles. The minimum absolute atomic E-state index is 0.168. The van der Waals surface area contributed by atoms with Crippen LogP contribution in [0.2, 0.25) is 0 Å². The molecular weight excluding hydrogens is 252 g/mol. The zero-order valence-corrected chi connectivity index (χ0v) is 9.52. The van der Waals surface area contributed by atoms with Crippen molar-refractivity contribution in [3.05, 3.63) is 58.3 Å². The number of hydrogen-bond donors (Lipinski definition) is 1. The number of aromatic nitrogens is 1. The van der Waals surface area contributed by atoms with Crippen molar-refractivity contribution in [2.75, 3.05) is 0 Å². The molecule has 0 aliphatic carbocycles. The Morgan fingerprint density at radius 1 is 1.32 bits per heavy atom. The summed E-state index contributed by atoms with van der Waals surface area (Å²) >= 11 is 0. The first-order chi connectivity index (χ1) is 9.08. The van der Waals surface area contributed by atoms with E-state index in [-0.39, 0.29) is 11.6 Å². The maximum absolute atomic E-state index is 11.0. The van der Waals surface area contributed by atoms with Crippen LogP contribution in [0.3, 0.4) is 0 Å². The van der Waals surface area contributed by atoms with Crippen LogP contribution >= 0.6 is 0 Å². The van der Waals surface area contributed by atoms with Gasteiger partial charge in [-0.05, 0) is 12.1 Å². The summed E-state index contributed by atoms with van der Waals surface area (Å²) in [5.74, 6) is -0.951. The minimum Gasteiger partial charge on any atom is -0.477 e. The Kier molecular flexibility index (Phi) is 3.37. The predicted molar refractivity (Wildman–Crippen MR) is 64.4 cm³/mol. The van der Waals surface area contributed by atoms with E-state index in [4.69, 9.17) is 9.84 Å². The van der Waals surface area contributed by atoms with E-state index in [0.29, 0.717) is 0 Å². The first kappa shape index (κ1) is 12.5. The lowest BCUT2D eigenvalue weighted by Crippen LogP contribution is -2.03. The molecule has 1 N–H and O–H groups in total. The quantitative estimate of drug-likeness (QED) is 0.669. The third-order valence-electron chi connectivity index (χ3n) is 2.26. The normalized spacial score (nSPS) is 9.89. The van der Waals surface area contributed by atoms with E-state index in [1.807, 2.05) is 0 Å². The van der Waals surface area contributed by atoms with Gasteiger partial charge in [0.2, 0.25) is 5.88 Å². The highest BCUT2D eigenvalue weighted by atomic mass is 16.6. The largest absolute Gasteiger partial charge is 0.477 e. The highest BCUT2D eigenvalue weighted by Gasteiger charge is 2.20. The Morgan fingerprint density at radius 2 is 2.11 bits per heavy atom. The van der Waals surface area contributed by atoms with Gasteiger partial charge in [0.05, 0.1) is 4.92 Å². The Morgan fingerprint density at radius 3 is 2.68 bits per heavy atom. The molecule has 0 spiro atoms. The lowest BCUT2D eigenvalue weighted by Gasteiger charge is -2.05. The van der Waals surface area contributed by atoms with Crippen LogP contribution in [0, 0.1) is 10.1 Å². The molecule has 0 amide bonds. The predicted octanol–water partition coefficient (Wildman–Crippen LogP) is 2.48. The second kappa shape index (κ2) is 5.13. The number of pyridine rings is 1. The first-order valence-electron chi connectivity index (χ1n) is 5.18. The average molecular weight is 260 g/mol. The van der Waals surface area contributed by atoms with Crippen molar-refractivity contribution in [1.29, 1.82) is 0 Å². The minimum atomic E-state index is -1.39. The molecule has 0 fully saturated rings. The standard InChI is InChI=1S/C12H8N2O5/c15-12(16)9-7-8(4-5-10(9)14(17)18)19-11-3-1-2-6-13-11/h1-7H,(H,15,16). The number of aromatic carboxylic acids is 1. The van der Waals surface area contributed by atoms with Crippen molar-refractivity contribution >= 4 is 11.7 Å². The van der Waals surface area contributed by atoms with Crippen LogP contribution in [-0.2, 0) is 0 Å². The number of carboxylic acid groups (broad SMARTS) is 1.